The molecule has 82 valence electrons. The number of nitrogens with one attached hydrogen (secondary N) is 2. The van der Waals surface area contributed by atoms with Crippen molar-refractivity contribution in [3.05, 3.63) is 41.3 Å². The van der Waals surface area contributed by atoms with Crippen LogP contribution in [-0.4, -0.2) is 15.9 Å². The Morgan fingerprint density at radius 3 is 2.88 bits per heavy atom. The molecule has 5 nitrogen and oxygen atoms in total. The van der Waals surface area contributed by atoms with E-state index in [1.165, 1.54) is 6.20 Å². The zero-order valence-electron chi connectivity index (χ0n) is 8.20. The summed E-state index contributed by atoms with van der Waals surface area (Å²) in [5.74, 6) is 0.133. The SMILES string of the molecule is Nc1c[nH]c(C(=O)Nc2ccc(Cl)cn2)c1. The van der Waals surface area contributed by atoms with Crippen LogP contribution in [0.25, 0.3) is 0 Å². The van der Waals surface area contributed by atoms with E-state index in [-0.39, 0.29) is 5.91 Å². The molecule has 2 aromatic heterocycles. The van der Waals surface area contributed by atoms with Crippen molar-refractivity contribution in [3.8, 4) is 0 Å². The van der Waals surface area contributed by atoms with Gasteiger partial charge >= 0.3 is 0 Å². The maximum absolute atomic E-state index is 11.6. The number of nitrogens with two attached hydrogens (primary N) is 1. The normalized spacial score (nSPS) is 10.1. The monoisotopic (exact) mass is 236 g/mol. The molecule has 0 atom stereocenters. The lowest BCUT2D eigenvalue weighted by Crippen LogP contribution is -2.13. The summed E-state index contributed by atoms with van der Waals surface area (Å²) in [6.07, 6.45) is 3.00. The number of halogens is 1. The zero-order chi connectivity index (χ0) is 11.5. The summed E-state index contributed by atoms with van der Waals surface area (Å²) in [6.45, 7) is 0. The molecule has 0 aliphatic carbocycles. The molecule has 0 aromatic carbocycles. The predicted molar refractivity (Wildman–Crippen MR) is 62.4 cm³/mol. The van der Waals surface area contributed by atoms with E-state index < -0.39 is 0 Å². The topological polar surface area (TPSA) is 83.8 Å². The van der Waals surface area contributed by atoms with E-state index >= 15 is 0 Å². The second-order valence-electron chi connectivity index (χ2n) is 3.16. The van der Waals surface area contributed by atoms with Crippen LogP contribution in [0.1, 0.15) is 10.5 Å². The van der Waals surface area contributed by atoms with E-state index in [1.54, 1.807) is 24.4 Å². The lowest BCUT2D eigenvalue weighted by Gasteiger charge is -2.01. The first-order valence-corrected chi connectivity index (χ1v) is 4.90. The molecule has 2 aromatic rings. The number of rotatable bonds is 2. The summed E-state index contributed by atoms with van der Waals surface area (Å²) < 4.78 is 0. The molecule has 0 bridgehead atoms. The van der Waals surface area contributed by atoms with Gasteiger partial charge in [-0.3, -0.25) is 4.79 Å². The summed E-state index contributed by atoms with van der Waals surface area (Å²) in [6, 6.07) is 4.81. The molecule has 6 heteroatoms. The summed E-state index contributed by atoms with van der Waals surface area (Å²) in [4.78, 5) is 18.3. The molecule has 4 N–H and O–H groups in total. The van der Waals surface area contributed by atoms with Gasteiger partial charge in [-0.2, -0.15) is 0 Å². The summed E-state index contributed by atoms with van der Waals surface area (Å²) in [5.41, 5.74) is 6.38. The molecule has 0 fully saturated rings. The third-order valence-electron chi connectivity index (χ3n) is 1.92. The first-order chi connectivity index (χ1) is 7.65. The molecule has 1 amide bonds. The van der Waals surface area contributed by atoms with E-state index in [0.29, 0.717) is 22.2 Å². The Kier molecular flexibility index (Phi) is 2.78. The van der Waals surface area contributed by atoms with Gasteiger partial charge in [0.15, 0.2) is 0 Å². The fraction of sp³-hybridized carbons (Fsp3) is 0. The molecule has 2 heterocycles. The van der Waals surface area contributed by atoms with Gasteiger partial charge in [0.25, 0.3) is 5.91 Å². The van der Waals surface area contributed by atoms with Crippen LogP contribution < -0.4 is 11.1 Å². The second kappa shape index (κ2) is 4.24. The molecule has 2 rings (SSSR count). The molecular formula is C10H9ClN4O. The number of hydrogen-bond acceptors (Lipinski definition) is 3. The third kappa shape index (κ3) is 2.32. The highest BCUT2D eigenvalue weighted by atomic mass is 35.5. The zero-order valence-corrected chi connectivity index (χ0v) is 8.95. The standard InChI is InChI=1S/C10H9ClN4O/c11-6-1-2-9(14-4-6)15-10(16)8-3-7(12)5-13-8/h1-5,13H,12H2,(H,14,15,16). The van der Waals surface area contributed by atoms with Crippen LogP contribution >= 0.6 is 11.6 Å². The number of H-pyrrole nitrogens is 1. The quantitative estimate of drug-likeness (QED) is 0.745. The largest absolute Gasteiger partial charge is 0.397 e. The smallest absolute Gasteiger partial charge is 0.273 e. The highest BCUT2D eigenvalue weighted by molar-refractivity contribution is 6.30. The average Bonchev–Trinajstić information content (AvgIpc) is 2.68. The van der Waals surface area contributed by atoms with Gasteiger partial charge in [0, 0.05) is 18.1 Å². The molecule has 0 spiro atoms. The number of hydrogen-bond donors (Lipinski definition) is 3. The van der Waals surface area contributed by atoms with Crippen molar-refractivity contribution in [1.82, 2.24) is 9.97 Å². The first kappa shape index (κ1) is 10.5. The van der Waals surface area contributed by atoms with Crippen LogP contribution in [0.15, 0.2) is 30.6 Å². The Morgan fingerprint density at radius 1 is 1.50 bits per heavy atom. The predicted octanol–water partition coefficient (Wildman–Crippen LogP) is 1.90. The molecular weight excluding hydrogens is 228 g/mol. The lowest BCUT2D eigenvalue weighted by molar-refractivity contribution is 0.102. The molecule has 0 aliphatic rings. The Morgan fingerprint density at radius 2 is 2.31 bits per heavy atom. The van der Waals surface area contributed by atoms with Gasteiger partial charge in [0.05, 0.1) is 5.02 Å². The maximum atomic E-state index is 11.6. The number of carbonyl (C=O) groups excluding carboxylic acids is 1. The molecule has 0 saturated carbocycles. The summed E-state index contributed by atoms with van der Waals surface area (Å²) in [5, 5.41) is 3.12. The number of aromatic amines is 1. The fourth-order valence-electron chi connectivity index (χ4n) is 1.18. The van der Waals surface area contributed by atoms with Crippen molar-refractivity contribution in [2.75, 3.05) is 11.1 Å². The molecule has 0 radical (unpaired) electrons. The number of nitrogens with zero attached hydrogens (tertiary/aromatic N) is 1. The van der Waals surface area contributed by atoms with Gasteiger partial charge in [-0.25, -0.2) is 4.98 Å². The molecule has 0 unspecified atom stereocenters. The highest BCUT2D eigenvalue weighted by Crippen LogP contribution is 2.11. The fourth-order valence-corrected chi connectivity index (χ4v) is 1.29. The number of aromatic nitrogens is 2. The lowest BCUT2D eigenvalue weighted by atomic mass is 10.4. The minimum atomic E-state index is -0.300. The van der Waals surface area contributed by atoms with E-state index in [0.717, 1.165) is 0 Å². The molecule has 16 heavy (non-hydrogen) atoms. The Bertz CT molecular complexity index is 506. The molecule has 0 saturated heterocycles. The summed E-state index contributed by atoms with van der Waals surface area (Å²) >= 11 is 5.67. The van der Waals surface area contributed by atoms with Crippen molar-refractivity contribution in [2.24, 2.45) is 0 Å². The van der Waals surface area contributed by atoms with Gasteiger partial charge in [0.2, 0.25) is 0 Å². The van der Waals surface area contributed by atoms with E-state index in [4.69, 9.17) is 17.3 Å². The van der Waals surface area contributed by atoms with Crippen molar-refractivity contribution < 1.29 is 4.79 Å². The van der Waals surface area contributed by atoms with Crippen LogP contribution in [0.2, 0.25) is 5.02 Å². The Balaban J connectivity index is 2.10. The highest BCUT2D eigenvalue weighted by Gasteiger charge is 2.08. The van der Waals surface area contributed by atoms with E-state index in [2.05, 4.69) is 15.3 Å². The van der Waals surface area contributed by atoms with Crippen molar-refractivity contribution in [2.45, 2.75) is 0 Å². The number of nitrogen functional groups attached to an aromatic ring is 1. The number of anilines is 2. The first-order valence-electron chi connectivity index (χ1n) is 4.52. The Labute approximate surface area is 96.6 Å². The average molecular weight is 237 g/mol. The molecule has 0 aliphatic heterocycles. The maximum Gasteiger partial charge on any atom is 0.273 e. The van der Waals surface area contributed by atoms with Crippen LogP contribution in [0.5, 0.6) is 0 Å². The van der Waals surface area contributed by atoms with Gasteiger partial charge in [-0.05, 0) is 18.2 Å². The second-order valence-corrected chi connectivity index (χ2v) is 3.60. The van der Waals surface area contributed by atoms with Crippen LogP contribution in [0, 0.1) is 0 Å². The Hall–Kier alpha value is -2.01. The van der Waals surface area contributed by atoms with Gasteiger partial charge in [0.1, 0.15) is 11.5 Å². The van der Waals surface area contributed by atoms with E-state index in [1.807, 2.05) is 0 Å². The number of amides is 1. The van der Waals surface area contributed by atoms with Gasteiger partial charge in [-0.1, -0.05) is 11.6 Å². The van der Waals surface area contributed by atoms with Crippen molar-refractivity contribution in [1.29, 1.82) is 0 Å². The van der Waals surface area contributed by atoms with Crippen LogP contribution in [0.3, 0.4) is 0 Å². The minimum Gasteiger partial charge on any atom is -0.397 e. The summed E-state index contributed by atoms with van der Waals surface area (Å²) in [7, 11) is 0. The third-order valence-corrected chi connectivity index (χ3v) is 2.14. The van der Waals surface area contributed by atoms with Crippen molar-refractivity contribution >= 4 is 29.0 Å². The number of pyridine rings is 1. The van der Waals surface area contributed by atoms with E-state index in [9.17, 15) is 4.79 Å². The van der Waals surface area contributed by atoms with Gasteiger partial charge in [-0.15, -0.1) is 0 Å². The minimum absolute atomic E-state index is 0.300. The number of carbonyl (C=O) groups is 1. The van der Waals surface area contributed by atoms with Crippen molar-refractivity contribution in [3.63, 3.8) is 0 Å². The van der Waals surface area contributed by atoms with Crippen LogP contribution in [0.4, 0.5) is 11.5 Å². The van der Waals surface area contributed by atoms with Crippen LogP contribution in [-0.2, 0) is 0 Å². The van der Waals surface area contributed by atoms with Gasteiger partial charge < -0.3 is 16.0 Å².